The number of nitrogens with zero attached hydrogens (tertiary/aromatic N) is 1. The molecule has 1 fully saturated rings. The Kier molecular flexibility index (Phi) is 3.50. The van der Waals surface area contributed by atoms with Gasteiger partial charge in [0.15, 0.2) is 0 Å². The lowest BCUT2D eigenvalue weighted by molar-refractivity contribution is 0.00691. The molecular weight excluding hydrogens is 172 g/mol. The first-order valence-electron chi connectivity index (χ1n) is 4.52. The second-order valence-corrected chi connectivity index (χ2v) is 3.28. The number of hydrogen-bond donors (Lipinski definition) is 3. The maximum absolute atomic E-state index is 11.3. The highest BCUT2D eigenvalue weighted by molar-refractivity contribution is 5.74. The number of carbonyl (C=O) groups excluding carboxylic acids is 1. The first-order valence-corrected chi connectivity index (χ1v) is 4.52. The van der Waals surface area contributed by atoms with Crippen molar-refractivity contribution >= 4 is 6.03 Å². The molecule has 1 aliphatic rings. The van der Waals surface area contributed by atoms with Crippen LogP contribution in [0, 0.1) is 0 Å². The van der Waals surface area contributed by atoms with Crippen molar-refractivity contribution in [3.05, 3.63) is 0 Å². The van der Waals surface area contributed by atoms with Gasteiger partial charge in [0.1, 0.15) is 0 Å². The molecule has 0 spiro atoms. The minimum Gasteiger partial charge on any atom is -0.391 e. The van der Waals surface area contributed by atoms with Gasteiger partial charge in [0.2, 0.25) is 0 Å². The normalized spacial score (nSPS) is 28.7. The summed E-state index contributed by atoms with van der Waals surface area (Å²) in [4.78, 5) is 12.7. The van der Waals surface area contributed by atoms with E-state index in [4.69, 9.17) is 0 Å². The number of carbonyl (C=O) groups is 1. The molecular formula is C8H16N2O3. The average molecular weight is 188 g/mol. The largest absolute Gasteiger partial charge is 0.391 e. The van der Waals surface area contributed by atoms with Crippen molar-refractivity contribution < 1.29 is 15.0 Å². The van der Waals surface area contributed by atoms with E-state index in [0.29, 0.717) is 26.1 Å². The average Bonchev–Trinajstić information content (AvgIpc) is 2.03. The smallest absolute Gasteiger partial charge is 0.317 e. The molecule has 3 N–H and O–H groups in total. The van der Waals surface area contributed by atoms with Gasteiger partial charge >= 0.3 is 6.03 Å². The van der Waals surface area contributed by atoms with Crippen LogP contribution in [0.5, 0.6) is 0 Å². The van der Waals surface area contributed by atoms with E-state index in [1.54, 1.807) is 0 Å². The van der Waals surface area contributed by atoms with Crippen LogP contribution < -0.4 is 5.32 Å². The molecule has 5 heteroatoms. The Balaban J connectivity index is 2.45. The van der Waals surface area contributed by atoms with Crippen molar-refractivity contribution in [1.82, 2.24) is 10.2 Å². The lowest BCUT2D eigenvalue weighted by Gasteiger charge is -2.33. The van der Waals surface area contributed by atoms with Crippen molar-refractivity contribution in [2.45, 2.75) is 25.6 Å². The Morgan fingerprint density at radius 2 is 2.00 bits per heavy atom. The Hall–Kier alpha value is -0.810. The van der Waals surface area contributed by atoms with E-state index in [2.05, 4.69) is 5.32 Å². The van der Waals surface area contributed by atoms with E-state index in [9.17, 15) is 15.0 Å². The van der Waals surface area contributed by atoms with Crippen molar-refractivity contribution in [1.29, 1.82) is 0 Å². The van der Waals surface area contributed by atoms with E-state index in [0.717, 1.165) is 0 Å². The van der Waals surface area contributed by atoms with Gasteiger partial charge in [0.05, 0.1) is 12.2 Å². The monoisotopic (exact) mass is 188 g/mol. The third-order valence-corrected chi connectivity index (χ3v) is 2.02. The van der Waals surface area contributed by atoms with E-state index in [1.807, 2.05) is 6.92 Å². The summed E-state index contributed by atoms with van der Waals surface area (Å²) >= 11 is 0. The molecule has 1 rings (SSSR count). The SMILES string of the molecule is CCNC(=O)N1C[C@H](O)C[C@H](O)C1. The Morgan fingerprint density at radius 3 is 2.46 bits per heavy atom. The minimum absolute atomic E-state index is 0.222. The summed E-state index contributed by atoms with van der Waals surface area (Å²) in [6.07, 6.45) is -0.853. The van der Waals surface area contributed by atoms with Crippen molar-refractivity contribution in [3.8, 4) is 0 Å². The lowest BCUT2D eigenvalue weighted by atomic mass is 10.1. The third-order valence-electron chi connectivity index (χ3n) is 2.02. The molecule has 2 atom stereocenters. The van der Waals surface area contributed by atoms with E-state index < -0.39 is 12.2 Å². The predicted molar refractivity (Wildman–Crippen MR) is 47.3 cm³/mol. The summed E-state index contributed by atoms with van der Waals surface area (Å²) < 4.78 is 0. The van der Waals surface area contributed by atoms with Crippen LogP contribution in [-0.4, -0.2) is 53.0 Å². The fourth-order valence-electron chi connectivity index (χ4n) is 1.48. The zero-order chi connectivity index (χ0) is 9.84. The molecule has 0 aliphatic carbocycles. The molecule has 1 aliphatic heterocycles. The van der Waals surface area contributed by atoms with Gasteiger partial charge in [-0.15, -0.1) is 0 Å². The van der Waals surface area contributed by atoms with Gasteiger partial charge in [0, 0.05) is 26.1 Å². The van der Waals surface area contributed by atoms with Gasteiger partial charge in [-0.25, -0.2) is 4.79 Å². The number of amides is 2. The molecule has 1 saturated heterocycles. The summed E-state index contributed by atoms with van der Waals surface area (Å²) in [6, 6.07) is -0.222. The predicted octanol–water partition coefficient (Wildman–Crippen LogP) is -0.857. The molecule has 2 amide bonds. The zero-order valence-corrected chi connectivity index (χ0v) is 7.73. The van der Waals surface area contributed by atoms with Crippen LogP contribution >= 0.6 is 0 Å². The Morgan fingerprint density at radius 1 is 1.46 bits per heavy atom. The van der Waals surface area contributed by atoms with Crippen LogP contribution in [0.3, 0.4) is 0 Å². The number of aliphatic hydroxyl groups excluding tert-OH is 2. The van der Waals surface area contributed by atoms with Crippen LogP contribution in [0.15, 0.2) is 0 Å². The van der Waals surface area contributed by atoms with E-state index in [1.165, 1.54) is 4.90 Å². The highest BCUT2D eigenvalue weighted by Crippen LogP contribution is 2.10. The topological polar surface area (TPSA) is 72.8 Å². The Bertz CT molecular complexity index is 176. The molecule has 0 saturated carbocycles. The number of nitrogens with one attached hydrogen (secondary N) is 1. The number of likely N-dealkylation sites (tertiary alicyclic amines) is 1. The first-order chi connectivity index (χ1) is 6.13. The number of hydrogen-bond acceptors (Lipinski definition) is 3. The molecule has 0 bridgehead atoms. The maximum atomic E-state index is 11.3. The molecule has 5 nitrogen and oxygen atoms in total. The third kappa shape index (κ3) is 2.86. The van der Waals surface area contributed by atoms with Gasteiger partial charge in [-0.05, 0) is 6.92 Å². The number of urea groups is 1. The van der Waals surface area contributed by atoms with Gasteiger partial charge in [-0.1, -0.05) is 0 Å². The molecule has 13 heavy (non-hydrogen) atoms. The first kappa shape index (κ1) is 10.3. The highest BCUT2D eigenvalue weighted by Gasteiger charge is 2.27. The standard InChI is InChI=1S/C8H16N2O3/c1-2-9-8(13)10-4-6(11)3-7(12)5-10/h6-7,11-12H,2-5H2,1H3,(H,9,13)/t6-,7+. The summed E-state index contributed by atoms with van der Waals surface area (Å²) in [5.41, 5.74) is 0. The quantitative estimate of drug-likeness (QED) is 0.501. The summed E-state index contributed by atoms with van der Waals surface area (Å²) in [6.45, 7) is 3.00. The number of aliphatic hydroxyl groups is 2. The summed E-state index contributed by atoms with van der Waals surface area (Å²) in [7, 11) is 0. The van der Waals surface area contributed by atoms with Crippen molar-refractivity contribution in [3.63, 3.8) is 0 Å². The molecule has 76 valence electrons. The minimum atomic E-state index is -0.605. The second-order valence-electron chi connectivity index (χ2n) is 3.28. The Labute approximate surface area is 77.3 Å². The van der Waals surface area contributed by atoms with E-state index >= 15 is 0 Å². The van der Waals surface area contributed by atoms with Crippen molar-refractivity contribution in [2.24, 2.45) is 0 Å². The second kappa shape index (κ2) is 4.43. The van der Waals surface area contributed by atoms with Crippen LogP contribution in [0.2, 0.25) is 0 Å². The summed E-state index contributed by atoms with van der Waals surface area (Å²) in [5, 5.41) is 21.2. The molecule has 0 aromatic carbocycles. The highest BCUT2D eigenvalue weighted by atomic mass is 16.3. The van der Waals surface area contributed by atoms with Gasteiger partial charge in [-0.2, -0.15) is 0 Å². The number of β-amino-alcohol motifs (C(OH)–C–C–N with tert-alkyl or cyclic N) is 2. The number of piperidine rings is 1. The molecule has 1 heterocycles. The van der Waals surface area contributed by atoms with Crippen LogP contribution in [-0.2, 0) is 0 Å². The lowest BCUT2D eigenvalue weighted by Crippen LogP contribution is -2.51. The molecule has 0 aromatic rings. The van der Waals surface area contributed by atoms with Crippen LogP contribution in [0.4, 0.5) is 4.79 Å². The number of rotatable bonds is 1. The van der Waals surface area contributed by atoms with Gasteiger partial charge in [0.25, 0.3) is 0 Å². The zero-order valence-electron chi connectivity index (χ0n) is 7.73. The summed E-state index contributed by atoms with van der Waals surface area (Å²) in [5.74, 6) is 0. The fourth-order valence-corrected chi connectivity index (χ4v) is 1.48. The van der Waals surface area contributed by atoms with Gasteiger partial charge in [-0.3, -0.25) is 0 Å². The van der Waals surface area contributed by atoms with E-state index in [-0.39, 0.29) is 6.03 Å². The van der Waals surface area contributed by atoms with Crippen LogP contribution in [0.25, 0.3) is 0 Å². The fraction of sp³-hybridized carbons (Fsp3) is 0.875. The molecule has 0 aromatic heterocycles. The van der Waals surface area contributed by atoms with Gasteiger partial charge < -0.3 is 20.4 Å². The molecule has 0 radical (unpaired) electrons. The van der Waals surface area contributed by atoms with Crippen molar-refractivity contribution in [2.75, 3.05) is 19.6 Å². The van der Waals surface area contributed by atoms with Crippen LogP contribution in [0.1, 0.15) is 13.3 Å². The maximum Gasteiger partial charge on any atom is 0.317 e. The molecule has 0 unspecified atom stereocenters.